The summed E-state index contributed by atoms with van der Waals surface area (Å²) in [6, 6.07) is 9.52. The molecule has 2 aromatic rings. The summed E-state index contributed by atoms with van der Waals surface area (Å²) in [5.74, 6) is 1.30. The summed E-state index contributed by atoms with van der Waals surface area (Å²) in [4.78, 5) is 14.6. The van der Waals surface area contributed by atoms with Gasteiger partial charge in [0.15, 0.2) is 0 Å². The van der Waals surface area contributed by atoms with Crippen molar-refractivity contribution in [2.75, 3.05) is 13.1 Å². The maximum Gasteiger partial charge on any atom is 0.257 e. The van der Waals surface area contributed by atoms with Gasteiger partial charge in [-0.25, -0.2) is 0 Å². The van der Waals surface area contributed by atoms with Gasteiger partial charge in [0.1, 0.15) is 12.0 Å². The van der Waals surface area contributed by atoms with Crippen molar-refractivity contribution >= 4 is 29.9 Å². The van der Waals surface area contributed by atoms with Gasteiger partial charge in [0.25, 0.3) is 5.91 Å². The average Bonchev–Trinajstić information content (AvgIpc) is 3.25. The Morgan fingerprint density at radius 2 is 2.00 bits per heavy atom. The Balaban J connectivity index is 0.00000208. The maximum atomic E-state index is 12.7. The molecule has 1 aromatic carbocycles. The molecule has 130 valence electrons. The summed E-state index contributed by atoms with van der Waals surface area (Å²) in [6.07, 6.45) is 4.75. The molecule has 1 aromatic heterocycles. The second-order valence-electron chi connectivity index (χ2n) is 6.08. The number of hydrogen-bond acceptors (Lipinski definition) is 3. The molecule has 1 amide bonds. The number of nitrogens with two attached hydrogens (primary N) is 1. The van der Waals surface area contributed by atoms with Crippen LogP contribution < -0.4 is 5.73 Å². The van der Waals surface area contributed by atoms with Gasteiger partial charge in [-0.1, -0.05) is 23.7 Å². The molecule has 0 aliphatic heterocycles. The van der Waals surface area contributed by atoms with E-state index in [0.717, 1.165) is 18.0 Å². The third-order valence-electron chi connectivity index (χ3n) is 4.15. The minimum atomic E-state index is 0. The monoisotopic (exact) mass is 368 g/mol. The number of carbonyl (C=O) groups excluding carboxylic acids is 1. The van der Waals surface area contributed by atoms with Crippen LogP contribution in [0.25, 0.3) is 0 Å². The molecule has 0 bridgehead atoms. The Morgan fingerprint density at radius 3 is 2.58 bits per heavy atom. The molecular weight excluding hydrogens is 347 g/mol. The normalized spacial score (nSPS) is 13.4. The van der Waals surface area contributed by atoms with Crippen LogP contribution in [0.3, 0.4) is 0 Å². The molecular formula is C18H22Cl2N2O2. The lowest BCUT2D eigenvalue weighted by Crippen LogP contribution is -2.34. The summed E-state index contributed by atoms with van der Waals surface area (Å²) in [7, 11) is 0. The SMILES string of the molecule is Cl.NCc1cc(C(=O)N(CCc2ccc(Cl)cc2)CC2CC2)co1. The minimum absolute atomic E-state index is 0. The fourth-order valence-electron chi connectivity index (χ4n) is 2.59. The fraction of sp³-hybridized carbons (Fsp3) is 0.389. The molecule has 1 fully saturated rings. The number of benzene rings is 1. The lowest BCUT2D eigenvalue weighted by atomic mass is 10.1. The van der Waals surface area contributed by atoms with E-state index >= 15 is 0 Å². The first-order valence-electron chi connectivity index (χ1n) is 7.97. The molecule has 0 spiro atoms. The molecule has 4 nitrogen and oxygen atoms in total. The van der Waals surface area contributed by atoms with Gasteiger partial charge in [0.2, 0.25) is 0 Å². The number of carbonyl (C=O) groups is 1. The Kier molecular flexibility index (Phi) is 6.72. The van der Waals surface area contributed by atoms with Crippen molar-refractivity contribution in [2.45, 2.75) is 25.8 Å². The second kappa shape index (κ2) is 8.56. The van der Waals surface area contributed by atoms with Crippen molar-refractivity contribution in [3.63, 3.8) is 0 Å². The summed E-state index contributed by atoms with van der Waals surface area (Å²) < 4.78 is 5.29. The summed E-state index contributed by atoms with van der Waals surface area (Å²) >= 11 is 5.91. The molecule has 0 atom stereocenters. The highest BCUT2D eigenvalue weighted by Gasteiger charge is 2.27. The Hall–Kier alpha value is -1.49. The van der Waals surface area contributed by atoms with Crippen molar-refractivity contribution in [1.82, 2.24) is 4.90 Å². The number of hydrogen-bond donors (Lipinski definition) is 1. The average molecular weight is 369 g/mol. The summed E-state index contributed by atoms with van der Waals surface area (Å²) in [5.41, 5.74) is 7.31. The molecule has 1 heterocycles. The number of halogens is 2. The zero-order valence-corrected chi connectivity index (χ0v) is 15.0. The van der Waals surface area contributed by atoms with Crippen LogP contribution >= 0.6 is 24.0 Å². The van der Waals surface area contributed by atoms with E-state index in [9.17, 15) is 4.79 Å². The Bertz CT molecular complexity index is 666. The third-order valence-corrected chi connectivity index (χ3v) is 4.40. The predicted molar refractivity (Wildman–Crippen MR) is 97.6 cm³/mol. The van der Waals surface area contributed by atoms with E-state index in [1.165, 1.54) is 24.7 Å². The molecule has 2 N–H and O–H groups in total. The first-order chi connectivity index (χ1) is 11.2. The molecule has 1 aliphatic rings. The summed E-state index contributed by atoms with van der Waals surface area (Å²) in [6.45, 7) is 1.82. The van der Waals surface area contributed by atoms with Gasteiger partial charge >= 0.3 is 0 Å². The number of furan rings is 1. The van der Waals surface area contributed by atoms with Crippen LogP contribution in [0.4, 0.5) is 0 Å². The highest BCUT2D eigenvalue weighted by Crippen LogP contribution is 2.30. The van der Waals surface area contributed by atoms with Crippen molar-refractivity contribution in [1.29, 1.82) is 0 Å². The molecule has 0 unspecified atom stereocenters. The third kappa shape index (κ3) is 5.00. The zero-order chi connectivity index (χ0) is 16.2. The largest absolute Gasteiger partial charge is 0.467 e. The minimum Gasteiger partial charge on any atom is -0.467 e. The van der Waals surface area contributed by atoms with Crippen LogP contribution in [-0.4, -0.2) is 23.9 Å². The quantitative estimate of drug-likeness (QED) is 0.805. The molecule has 1 saturated carbocycles. The van der Waals surface area contributed by atoms with E-state index in [-0.39, 0.29) is 18.3 Å². The first kappa shape index (κ1) is 18.8. The zero-order valence-electron chi connectivity index (χ0n) is 13.4. The lowest BCUT2D eigenvalue weighted by Gasteiger charge is -2.22. The van der Waals surface area contributed by atoms with Crippen LogP contribution in [0.1, 0.15) is 34.5 Å². The highest BCUT2D eigenvalue weighted by atomic mass is 35.5. The second-order valence-corrected chi connectivity index (χ2v) is 6.51. The number of rotatable bonds is 7. The van der Waals surface area contributed by atoms with E-state index in [2.05, 4.69) is 0 Å². The lowest BCUT2D eigenvalue weighted by molar-refractivity contribution is 0.0749. The maximum absolute atomic E-state index is 12.7. The van der Waals surface area contributed by atoms with E-state index in [4.69, 9.17) is 21.8 Å². The van der Waals surface area contributed by atoms with Crippen molar-refractivity contribution in [2.24, 2.45) is 11.7 Å². The smallest absolute Gasteiger partial charge is 0.257 e. The van der Waals surface area contributed by atoms with Crippen LogP contribution in [0.5, 0.6) is 0 Å². The van der Waals surface area contributed by atoms with Crippen LogP contribution in [0.15, 0.2) is 41.0 Å². The van der Waals surface area contributed by atoms with E-state index in [1.54, 1.807) is 6.07 Å². The highest BCUT2D eigenvalue weighted by molar-refractivity contribution is 6.30. The first-order valence-corrected chi connectivity index (χ1v) is 8.34. The molecule has 0 radical (unpaired) electrons. The molecule has 6 heteroatoms. The van der Waals surface area contributed by atoms with E-state index < -0.39 is 0 Å². The topological polar surface area (TPSA) is 59.5 Å². The van der Waals surface area contributed by atoms with Crippen molar-refractivity contribution in [3.8, 4) is 0 Å². The number of amides is 1. The Morgan fingerprint density at radius 1 is 1.29 bits per heavy atom. The summed E-state index contributed by atoms with van der Waals surface area (Å²) in [5, 5.41) is 0.729. The fourth-order valence-corrected chi connectivity index (χ4v) is 2.71. The van der Waals surface area contributed by atoms with Gasteiger partial charge in [0.05, 0.1) is 12.1 Å². The van der Waals surface area contributed by atoms with Gasteiger partial charge in [-0.2, -0.15) is 0 Å². The molecule has 3 rings (SSSR count). The van der Waals surface area contributed by atoms with Crippen LogP contribution in [-0.2, 0) is 13.0 Å². The van der Waals surface area contributed by atoms with Crippen molar-refractivity contribution in [3.05, 3.63) is 58.5 Å². The molecule has 0 saturated heterocycles. The van der Waals surface area contributed by atoms with E-state index in [1.807, 2.05) is 29.2 Å². The van der Waals surface area contributed by atoms with E-state index in [0.29, 0.717) is 30.3 Å². The molecule has 1 aliphatic carbocycles. The van der Waals surface area contributed by atoms with Gasteiger partial charge in [-0.15, -0.1) is 12.4 Å². The van der Waals surface area contributed by atoms with Crippen molar-refractivity contribution < 1.29 is 9.21 Å². The van der Waals surface area contributed by atoms with Gasteiger partial charge < -0.3 is 15.1 Å². The van der Waals surface area contributed by atoms with Crippen LogP contribution in [0, 0.1) is 5.92 Å². The van der Waals surface area contributed by atoms with Gasteiger partial charge in [-0.3, -0.25) is 4.79 Å². The van der Waals surface area contributed by atoms with Gasteiger partial charge in [0, 0.05) is 18.1 Å². The predicted octanol–water partition coefficient (Wildman–Crippen LogP) is 3.91. The van der Waals surface area contributed by atoms with Crippen LogP contribution in [0.2, 0.25) is 5.02 Å². The Labute approximate surface area is 153 Å². The molecule has 24 heavy (non-hydrogen) atoms. The standard InChI is InChI=1S/C18H21ClN2O2.ClH/c19-16-5-3-13(4-6-16)7-8-21(11-14-1-2-14)18(22)15-9-17(10-20)23-12-15;/h3-6,9,12,14H,1-2,7-8,10-11,20H2;1H. The van der Waals surface area contributed by atoms with Gasteiger partial charge in [-0.05, 0) is 48.9 Å². The number of nitrogens with zero attached hydrogens (tertiary/aromatic N) is 1.